The predicted octanol–water partition coefficient (Wildman–Crippen LogP) is 1.03. The largest absolute Gasteiger partial charge is 0.355 e. The van der Waals surface area contributed by atoms with E-state index in [9.17, 15) is 4.79 Å². The molecule has 1 aliphatic carbocycles. The van der Waals surface area contributed by atoms with Crippen molar-refractivity contribution >= 4 is 5.91 Å². The van der Waals surface area contributed by atoms with Crippen LogP contribution >= 0.6 is 0 Å². The van der Waals surface area contributed by atoms with Gasteiger partial charge in [0.05, 0.1) is 0 Å². The minimum atomic E-state index is 0.0197. The topological polar surface area (TPSA) is 55.1 Å². The van der Waals surface area contributed by atoms with Gasteiger partial charge >= 0.3 is 0 Å². The number of hydrogen-bond donors (Lipinski definition) is 2. The summed E-state index contributed by atoms with van der Waals surface area (Å²) < 4.78 is 0. The standard InChI is InChI=1S/C10H20N2O/c1-8(13)12-7-10(11)9-5-3-2-4-6-9/h9-10H,2-7,11H2,1H3,(H,12,13)/t10-/m1/s1. The van der Waals surface area contributed by atoms with Gasteiger partial charge in [-0.2, -0.15) is 0 Å². The van der Waals surface area contributed by atoms with Crippen molar-refractivity contribution in [2.75, 3.05) is 6.54 Å². The van der Waals surface area contributed by atoms with Crippen molar-refractivity contribution in [3.63, 3.8) is 0 Å². The number of amides is 1. The number of rotatable bonds is 3. The lowest BCUT2D eigenvalue weighted by Gasteiger charge is -2.27. The quantitative estimate of drug-likeness (QED) is 0.688. The van der Waals surface area contributed by atoms with Gasteiger partial charge in [0.1, 0.15) is 0 Å². The molecule has 0 aliphatic heterocycles. The van der Waals surface area contributed by atoms with E-state index in [4.69, 9.17) is 5.73 Å². The number of carbonyl (C=O) groups excluding carboxylic acids is 1. The third-order valence-electron chi connectivity index (χ3n) is 2.84. The molecular weight excluding hydrogens is 164 g/mol. The van der Waals surface area contributed by atoms with Crippen LogP contribution in [-0.4, -0.2) is 18.5 Å². The predicted molar refractivity (Wildman–Crippen MR) is 53.2 cm³/mol. The number of carbonyl (C=O) groups is 1. The Kier molecular flexibility index (Phi) is 4.22. The van der Waals surface area contributed by atoms with Crippen molar-refractivity contribution in [1.82, 2.24) is 5.32 Å². The van der Waals surface area contributed by atoms with E-state index in [1.54, 1.807) is 0 Å². The second-order valence-corrected chi connectivity index (χ2v) is 4.00. The van der Waals surface area contributed by atoms with Crippen molar-refractivity contribution in [3.8, 4) is 0 Å². The molecule has 3 nitrogen and oxygen atoms in total. The van der Waals surface area contributed by atoms with Crippen molar-refractivity contribution in [3.05, 3.63) is 0 Å². The summed E-state index contributed by atoms with van der Waals surface area (Å²) in [7, 11) is 0. The highest BCUT2D eigenvalue weighted by molar-refractivity contribution is 5.72. The van der Waals surface area contributed by atoms with Crippen molar-refractivity contribution < 1.29 is 4.79 Å². The maximum absolute atomic E-state index is 10.7. The first-order valence-electron chi connectivity index (χ1n) is 5.20. The van der Waals surface area contributed by atoms with Crippen LogP contribution in [0.3, 0.4) is 0 Å². The maximum atomic E-state index is 10.7. The molecule has 0 heterocycles. The fraction of sp³-hybridized carbons (Fsp3) is 0.900. The van der Waals surface area contributed by atoms with Crippen LogP contribution < -0.4 is 11.1 Å². The van der Waals surface area contributed by atoms with Crippen LogP contribution in [0.5, 0.6) is 0 Å². The first-order valence-corrected chi connectivity index (χ1v) is 5.20. The molecule has 3 N–H and O–H groups in total. The third kappa shape index (κ3) is 3.77. The number of nitrogens with two attached hydrogens (primary N) is 1. The summed E-state index contributed by atoms with van der Waals surface area (Å²) in [5.41, 5.74) is 5.98. The van der Waals surface area contributed by atoms with Crippen LogP contribution in [0.4, 0.5) is 0 Å². The molecule has 0 radical (unpaired) electrons. The minimum absolute atomic E-state index is 0.0197. The fourth-order valence-electron chi connectivity index (χ4n) is 1.99. The van der Waals surface area contributed by atoms with Crippen LogP contribution in [-0.2, 0) is 4.79 Å². The molecule has 1 atom stereocenters. The SMILES string of the molecule is CC(=O)NC[C@@H](N)C1CCCCC1. The van der Waals surface area contributed by atoms with Gasteiger partial charge in [0.15, 0.2) is 0 Å². The first kappa shape index (κ1) is 10.5. The van der Waals surface area contributed by atoms with Gasteiger partial charge in [-0.15, -0.1) is 0 Å². The molecule has 1 saturated carbocycles. The highest BCUT2D eigenvalue weighted by atomic mass is 16.1. The van der Waals surface area contributed by atoms with E-state index in [2.05, 4.69) is 5.32 Å². The summed E-state index contributed by atoms with van der Waals surface area (Å²) in [6.45, 7) is 2.17. The summed E-state index contributed by atoms with van der Waals surface area (Å²) in [6, 6.07) is 0.157. The van der Waals surface area contributed by atoms with Crippen molar-refractivity contribution in [2.24, 2.45) is 11.7 Å². The fourth-order valence-corrected chi connectivity index (χ4v) is 1.99. The average molecular weight is 184 g/mol. The Labute approximate surface area is 80.1 Å². The van der Waals surface area contributed by atoms with Gasteiger partial charge in [0.25, 0.3) is 0 Å². The molecule has 3 heteroatoms. The van der Waals surface area contributed by atoms with Crippen LogP contribution in [0.2, 0.25) is 0 Å². The molecular formula is C10H20N2O. The highest BCUT2D eigenvalue weighted by Crippen LogP contribution is 2.25. The maximum Gasteiger partial charge on any atom is 0.216 e. The zero-order chi connectivity index (χ0) is 9.68. The molecule has 0 saturated heterocycles. The molecule has 0 bridgehead atoms. The Hall–Kier alpha value is -0.570. The van der Waals surface area contributed by atoms with E-state index < -0.39 is 0 Å². The molecule has 0 aromatic rings. The summed E-state index contributed by atoms with van der Waals surface area (Å²) in [5, 5.41) is 2.78. The monoisotopic (exact) mass is 184 g/mol. The van der Waals surface area contributed by atoms with Crippen LogP contribution in [0.15, 0.2) is 0 Å². The summed E-state index contributed by atoms with van der Waals surface area (Å²) in [5.74, 6) is 0.645. The van der Waals surface area contributed by atoms with E-state index in [1.807, 2.05) is 0 Å². The summed E-state index contributed by atoms with van der Waals surface area (Å²) >= 11 is 0. The lowest BCUT2D eigenvalue weighted by Crippen LogP contribution is -2.42. The zero-order valence-corrected chi connectivity index (χ0v) is 8.38. The van der Waals surface area contributed by atoms with Crippen molar-refractivity contribution in [2.45, 2.75) is 45.1 Å². The Morgan fingerprint density at radius 1 is 1.46 bits per heavy atom. The average Bonchev–Trinajstić information content (AvgIpc) is 2.15. The molecule has 1 amide bonds. The molecule has 0 spiro atoms. The lowest BCUT2D eigenvalue weighted by molar-refractivity contribution is -0.119. The Balaban J connectivity index is 2.20. The van der Waals surface area contributed by atoms with E-state index in [-0.39, 0.29) is 11.9 Å². The zero-order valence-electron chi connectivity index (χ0n) is 8.38. The van der Waals surface area contributed by atoms with E-state index in [0.717, 1.165) is 0 Å². The van der Waals surface area contributed by atoms with Crippen LogP contribution in [0.1, 0.15) is 39.0 Å². The van der Waals surface area contributed by atoms with Crippen LogP contribution in [0, 0.1) is 5.92 Å². The smallest absolute Gasteiger partial charge is 0.216 e. The second kappa shape index (κ2) is 5.22. The summed E-state index contributed by atoms with van der Waals surface area (Å²) in [6.07, 6.45) is 6.43. The van der Waals surface area contributed by atoms with Crippen LogP contribution in [0.25, 0.3) is 0 Å². The van der Waals surface area contributed by atoms with Gasteiger partial charge in [-0.1, -0.05) is 19.3 Å². The van der Waals surface area contributed by atoms with E-state index in [0.29, 0.717) is 12.5 Å². The van der Waals surface area contributed by atoms with Crippen molar-refractivity contribution in [1.29, 1.82) is 0 Å². The third-order valence-corrected chi connectivity index (χ3v) is 2.84. The number of nitrogens with one attached hydrogen (secondary N) is 1. The van der Waals surface area contributed by atoms with E-state index in [1.165, 1.54) is 39.0 Å². The van der Waals surface area contributed by atoms with Gasteiger partial charge in [0.2, 0.25) is 5.91 Å². The van der Waals surface area contributed by atoms with Gasteiger partial charge in [-0.25, -0.2) is 0 Å². The highest BCUT2D eigenvalue weighted by Gasteiger charge is 2.20. The molecule has 0 aromatic heterocycles. The van der Waals surface area contributed by atoms with Gasteiger partial charge in [0, 0.05) is 19.5 Å². The molecule has 1 rings (SSSR count). The van der Waals surface area contributed by atoms with Gasteiger partial charge in [-0.05, 0) is 18.8 Å². The summed E-state index contributed by atoms with van der Waals surface area (Å²) in [4.78, 5) is 10.7. The molecule has 76 valence electrons. The Bertz CT molecular complexity index is 164. The normalized spacial score (nSPS) is 21.1. The van der Waals surface area contributed by atoms with E-state index >= 15 is 0 Å². The number of hydrogen-bond acceptors (Lipinski definition) is 2. The molecule has 0 aromatic carbocycles. The minimum Gasteiger partial charge on any atom is -0.355 e. The molecule has 13 heavy (non-hydrogen) atoms. The molecule has 0 unspecified atom stereocenters. The Morgan fingerprint density at radius 3 is 2.62 bits per heavy atom. The second-order valence-electron chi connectivity index (χ2n) is 4.00. The van der Waals surface area contributed by atoms with Gasteiger partial charge < -0.3 is 11.1 Å². The Morgan fingerprint density at radius 2 is 2.08 bits per heavy atom. The molecule has 1 fully saturated rings. The lowest BCUT2D eigenvalue weighted by atomic mass is 9.84. The first-order chi connectivity index (χ1) is 6.20. The van der Waals surface area contributed by atoms with Gasteiger partial charge in [-0.3, -0.25) is 4.79 Å². The molecule has 1 aliphatic rings.